The maximum atomic E-state index is 13.0. The summed E-state index contributed by atoms with van der Waals surface area (Å²) in [6.07, 6.45) is 1.44. The van der Waals surface area contributed by atoms with E-state index in [9.17, 15) is 27.2 Å². The van der Waals surface area contributed by atoms with Gasteiger partial charge < -0.3 is 14.8 Å². The van der Waals surface area contributed by atoms with Crippen LogP contribution in [0, 0.1) is 5.82 Å². The van der Waals surface area contributed by atoms with Gasteiger partial charge in [-0.3, -0.25) is 9.59 Å². The number of hydrogen-bond acceptors (Lipinski definition) is 8. The van der Waals surface area contributed by atoms with Crippen LogP contribution in [0.25, 0.3) is 0 Å². The van der Waals surface area contributed by atoms with Crippen molar-refractivity contribution in [3.8, 4) is 5.88 Å². The van der Waals surface area contributed by atoms with Gasteiger partial charge in [-0.15, -0.1) is 0 Å². The molecular weight excluding hydrogens is 529 g/mol. The number of sulfonamides is 1. The van der Waals surface area contributed by atoms with Gasteiger partial charge in [0.25, 0.3) is 21.8 Å². The van der Waals surface area contributed by atoms with Crippen LogP contribution in [0.1, 0.15) is 53.0 Å². The van der Waals surface area contributed by atoms with Crippen LogP contribution < -0.4 is 14.8 Å². The average Bonchev–Trinajstić information content (AvgIpc) is 2.92. The zero-order chi connectivity index (χ0) is 28.4. The molecule has 0 unspecified atom stereocenters. The van der Waals surface area contributed by atoms with E-state index in [-0.39, 0.29) is 34.9 Å². The fraction of sp³-hybridized carbons (Fsp3) is 0.259. The van der Waals surface area contributed by atoms with Crippen molar-refractivity contribution in [2.75, 3.05) is 6.54 Å². The summed E-state index contributed by atoms with van der Waals surface area (Å²) >= 11 is 0. The van der Waals surface area contributed by atoms with Gasteiger partial charge >= 0.3 is 6.16 Å². The molecule has 0 fully saturated rings. The molecule has 10 nitrogen and oxygen atoms in total. The Hall–Kier alpha value is -4.32. The summed E-state index contributed by atoms with van der Waals surface area (Å²) in [7, 11) is -4.22. The van der Waals surface area contributed by atoms with Crippen LogP contribution in [0.2, 0.25) is 0 Å². The van der Waals surface area contributed by atoms with Crippen LogP contribution in [0.3, 0.4) is 0 Å². The molecule has 0 saturated carbocycles. The molecule has 0 aliphatic heterocycles. The zero-order valence-corrected chi connectivity index (χ0v) is 22.2. The molecule has 39 heavy (non-hydrogen) atoms. The van der Waals surface area contributed by atoms with Crippen LogP contribution >= 0.6 is 0 Å². The topological polar surface area (TPSA) is 141 Å². The molecule has 2 amide bonds. The second-order valence-corrected chi connectivity index (χ2v) is 10.1. The van der Waals surface area contributed by atoms with Gasteiger partial charge in [-0.1, -0.05) is 26.0 Å². The number of rotatable bonds is 11. The summed E-state index contributed by atoms with van der Waals surface area (Å²) in [6.45, 7) is 3.95. The van der Waals surface area contributed by atoms with Crippen molar-refractivity contribution in [3.05, 3.63) is 89.4 Å². The molecular formula is C27H28FN3O7S. The minimum atomic E-state index is -4.22. The summed E-state index contributed by atoms with van der Waals surface area (Å²) in [5, 5.41) is 2.68. The lowest BCUT2D eigenvalue weighted by Crippen LogP contribution is -2.30. The Bertz CT molecular complexity index is 1410. The van der Waals surface area contributed by atoms with E-state index in [1.54, 1.807) is 6.07 Å². The summed E-state index contributed by atoms with van der Waals surface area (Å²) in [6, 6.07) is 13.5. The van der Waals surface area contributed by atoms with Crippen molar-refractivity contribution in [2.45, 2.75) is 44.1 Å². The number of amides is 2. The SMILES string of the molecule is CCC(CC)OC(=O)Oc1ccc(C(=O)NS(=O)(=O)c2cccc(CCNC(=O)c3ccc(F)cc3)c2)cn1. The van der Waals surface area contributed by atoms with Gasteiger partial charge in [0.1, 0.15) is 11.9 Å². The van der Waals surface area contributed by atoms with E-state index in [1.807, 2.05) is 18.6 Å². The van der Waals surface area contributed by atoms with Gasteiger partial charge in [0.05, 0.1) is 10.5 Å². The summed E-state index contributed by atoms with van der Waals surface area (Å²) in [5.74, 6) is -1.87. The third kappa shape index (κ3) is 8.60. The first-order valence-corrected chi connectivity index (χ1v) is 13.6. The summed E-state index contributed by atoms with van der Waals surface area (Å²) in [4.78, 5) is 40.2. The van der Waals surface area contributed by atoms with Crippen LogP contribution in [-0.4, -0.2) is 44.0 Å². The predicted molar refractivity (Wildman–Crippen MR) is 139 cm³/mol. The highest BCUT2D eigenvalue weighted by Crippen LogP contribution is 2.15. The highest BCUT2D eigenvalue weighted by Gasteiger charge is 2.20. The van der Waals surface area contributed by atoms with Gasteiger partial charge in [0.15, 0.2) is 0 Å². The minimum absolute atomic E-state index is 0.0704. The summed E-state index contributed by atoms with van der Waals surface area (Å²) < 4.78 is 50.7. The standard InChI is InChI=1S/C27H28FN3O7S/c1-3-22(4-2)37-27(34)38-24-13-10-20(17-30-24)26(33)31-39(35,36)23-7-5-6-18(16-23)14-15-29-25(32)19-8-11-21(28)12-9-19/h5-13,16-17,22H,3-4,14-15H2,1-2H3,(H,29,32)(H,31,33). The number of carbonyl (C=O) groups is 3. The Kier molecular flexibility index (Phi) is 10.1. The van der Waals surface area contributed by atoms with E-state index in [0.29, 0.717) is 30.4 Å². The average molecular weight is 558 g/mol. The Labute approximate surface area is 225 Å². The lowest BCUT2D eigenvalue weighted by Gasteiger charge is -2.13. The second-order valence-electron chi connectivity index (χ2n) is 8.39. The summed E-state index contributed by atoms with van der Waals surface area (Å²) in [5.41, 5.74) is 0.832. The third-order valence-electron chi connectivity index (χ3n) is 5.60. The predicted octanol–water partition coefficient (Wildman–Crippen LogP) is 4.02. The molecule has 12 heteroatoms. The Morgan fingerprint density at radius 2 is 1.64 bits per heavy atom. The van der Waals surface area contributed by atoms with Crippen LogP contribution in [-0.2, 0) is 21.2 Å². The normalized spacial score (nSPS) is 11.1. The molecule has 2 aromatic carbocycles. The second kappa shape index (κ2) is 13.5. The fourth-order valence-corrected chi connectivity index (χ4v) is 4.45. The Morgan fingerprint density at radius 1 is 0.949 bits per heavy atom. The Morgan fingerprint density at radius 3 is 2.28 bits per heavy atom. The first kappa shape index (κ1) is 29.2. The first-order chi connectivity index (χ1) is 18.6. The number of pyridine rings is 1. The number of nitrogens with one attached hydrogen (secondary N) is 2. The van der Waals surface area contributed by atoms with Crippen LogP contribution in [0.4, 0.5) is 9.18 Å². The molecule has 0 aliphatic carbocycles. The number of hydrogen-bond donors (Lipinski definition) is 2. The number of nitrogens with zero attached hydrogens (tertiary/aromatic N) is 1. The van der Waals surface area contributed by atoms with Gasteiger partial charge in [0, 0.05) is 24.4 Å². The molecule has 2 N–H and O–H groups in total. The third-order valence-corrected chi connectivity index (χ3v) is 6.93. The maximum absolute atomic E-state index is 13.0. The molecule has 0 aliphatic rings. The molecule has 3 rings (SSSR count). The number of ether oxygens (including phenoxy) is 2. The van der Waals surface area contributed by atoms with Crippen molar-refractivity contribution < 1.29 is 36.7 Å². The van der Waals surface area contributed by atoms with Gasteiger partial charge in [-0.2, -0.15) is 0 Å². The number of carbonyl (C=O) groups excluding carboxylic acids is 3. The number of benzene rings is 2. The lowest BCUT2D eigenvalue weighted by atomic mass is 10.1. The molecule has 0 radical (unpaired) electrons. The van der Waals surface area contributed by atoms with Crippen molar-refractivity contribution in [2.24, 2.45) is 0 Å². The van der Waals surface area contributed by atoms with Crippen molar-refractivity contribution in [1.82, 2.24) is 15.0 Å². The number of halogens is 1. The number of aromatic nitrogens is 1. The van der Waals surface area contributed by atoms with Crippen molar-refractivity contribution in [1.29, 1.82) is 0 Å². The molecule has 1 aromatic heterocycles. The molecule has 3 aromatic rings. The van der Waals surface area contributed by atoms with E-state index in [1.165, 1.54) is 54.6 Å². The van der Waals surface area contributed by atoms with E-state index in [2.05, 4.69) is 10.3 Å². The van der Waals surface area contributed by atoms with Gasteiger partial charge in [-0.05, 0) is 67.3 Å². The molecule has 0 bridgehead atoms. The van der Waals surface area contributed by atoms with Gasteiger partial charge in [-0.25, -0.2) is 27.3 Å². The van der Waals surface area contributed by atoms with Crippen molar-refractivity contribution >= 4 is 28.0 Å². The smallest absolute Gasteiger partial charge is 0.431 e. The van der Waals surface area contributed by atoms with E-state index < -0.39 is 27.9 Å². The molecule has 1 heterocycles. The highest BCUT2D eigenvalue weighted by atomic mass is 32.2. The maximum Gasteiger partial charge on any atom is 0.515 e. The molecule has 0 atom stereocenters. The monoisotopic (exact) mass is 557 g/mol. The minimum Gasteiger partial charge on any atom is -0.431 e. The van der Waals surface area contributed by atoms with E-state index in [4.69, 9.17) is 9.47 Å². The fourth-order valence-electron chi connectivity index (χ4n) is 3.41. The Balaban J connectivity index is 1.56. The van der Waals surface area contributed by atoms with Crippen LogP contribution in [0.15, 0.2) is 71.8 Å². The molecule has 206 valence electrons. The first-order valence-electron chi connectivity index (χ1n) is 12.2. The van der Waals surface area contributed by atoms with Crippen molar-refractivity contribution in [3.63, 3.8) is 0 Å². The van der Waals surface area contributed by atoms with E-state index >= 15 is 0 Å². The van der Waals surface area contributed by atoms with Gasteiger partial charge in [0.2, 0.25) is 5.88 Å². The molecule has 0 spiro atoms. The lowest BCUT2D eigenvalue weighted by molar-refractivity contribution is 0.0538. The van der Waals surface area contributed by atoms with E-state index in [0.717, 1.165) is 6.20 Å². The molecule has 0 saturated heterocycles. The quantitative estimate of drug-likeness (QED) is 0.337. The largest absolute Gasteiger partial charge is 0.515 e. The highest BCUT2D eigenvalue weighted by molar-refractivity contribution is 7.90. The van der Waals surface area contributed by atoms with Crippen LogP contribution in [0.5, 0.6) is 5.88 Å². The zero-order valence-electron chi connectivity index (χ0n) is 21.3.